The number of aromatic nitrogens is 2. The van der Waals surface area contributed by atoms with Gasteiger partial charge in [0, 0.05) is 33.3 Å². The molecule has 9 nitrogen and oxygen atoms in total. The molecule has 3 aromatic carbocycles. The molecule has 1 aliphatic carbocycles. The Morgan fingerprint density at radius 1 is 1.02 bits per heavy atom. The summed E-state index contributed by atoms with van der Waals surface area (Å²) in [6.07, 6.45) is 7.00. The molecule has 6 rings (SSSR count). The van der Waals surface area contributed by atoms with Crippen molar-refractivity contribution in [2.75, 3.05) is 40.4 Å². The van der Waals surface area contributed by atoms with Crippen LogP contribution in [0.3, 0.4) is 0 Å². The Kier molecular flexibility index (Phi) is 11.4. The molecule has 2 aliphatic rings. The van der Waals surface area contributed by atoms with Crippen LogP contribution < -0.4 is 4.74 Å². The molecule has 1 aliphatic heterocycles. The molecule has 2 heterocycles. The van der Waals surface area contributed by atoms with Crippen LogP contribution in [0.5, 0.6) is 5.75 Å². The van der Waals surface area contributed by atoms with E-state index in [-0.39, 0.29) is 37.7 Å². The summed E-state index contributed by atoms with van der Waals surface area (Å²) < 4.78 is 43.3. The van der Waals surface area contributed by atoms with Gasteiger partial charge in [0.05, 0.1) is 22.5 Å². The lowest BCUT2D eigenvalue weighted by Gasteiger charge is -2.32. The third kappa shape index (κ3) is 8.26. The Morgan fingerprint density at radius 2 is 1.78 bits per heavy atom. The molecular formula is C39H41ClF2N4O5. The molecule has 0 bridgehead atoms. The molecule has 2 fully saturated rings. The second-order valence-corrected chi connectivity index (χ2v) is 13.5. The van der Waals surface area contributed by atoms with Crippen molar-refractivity contribution in [3.8, 4) is 5.75 Å². The topological polar surface area (TPSA) is 97.1 Å². The van der Waals surface area contributed by atoms with Crippen LogP contribution >= 0.6 is 11.6 Å². The normalized spacial score (nSPS) is 16.9. The number of benzene rings is 3. The molecule has 1 saturated heterocycles. The highest BCUT2D eigenvalue weighted by Gasteiger charge is 2.29. The maximum absolute atomic E-state index is 15.5. The molecule has 12 heteroatoms. The van der Waals surface area contributed by atoms with Crippen molar-refractivity contribution in [1.82, 2.24) is 19.6 Å². The van der Waals surface area contributed by atoms with E-state index in [1.807, 2.05) is 30.3 Å². The number of allylic oxidation sites excluding steroid dienone is 1. The van der Waals surface area contributed by atoms with Gasteiger partial charge >= 0.3 is 6.09 Å². The molecule has 1 saturated carbocycles. The van der Waals surface area contributed by atoms with Gasteiger partial charge in [0.1, 0.15) is 18.2 Å². The minimum absolute atomic E-state index is 0.0405. The lowest BCUT2D eigenvalue weighted by Crippen LogP contribution is -2.33. The number of nitrogens with zero attached hydrogens (tertiary/aromatic N) is 4. The summed E-state index contributed by atoms with van der Waals surface area (Å²) in [6, 6.07) is 17.5. The van der Waals surface area contributed by atoms with E-state index in [1.165, 1.54) is 29.2 Å². The van der Waals surface area contributed by atoms with Crippen molar-refractivity contribution < 1.29 is 33.0 Å². The quantitative estimate of drug-likeness (QED) is 0.117. The van der Waals surface area contributed by atoms with Gasteiger partial charge in [-0.25, -0.2) is 13.9 Å². The van der Waals surface area contributed by atoms with Crippen molar-refractivity contribution in [1.29, 1.82) is 0 Å². The van der Waals surface area contributed by atoms with Gasteiger partial charge in [-0.1, -0.05) is 48.4 Å². The fourth-order valence-corrected chi connectivity index (χ4v) is 6.79. The average molecular weight is 719 g/mol. The van der Waals surface area contributed by atoms with Crippen LogP contribution in [0.4, 0.5) is 13.6 Å². The number of hydrogen-bond acceptors (Lipinski definition) is 5. The van der Waals surface area contributed by atoms with Gasteiger partial charge in [0.2, 0.25) is 11.9 Å². The summed E-state index contributed by atoms with van der Waals surface area (Å²) in [7, 11) is 3.24. The first-order valence-corrected chi connectivity index (χ1v) is 17.6. The lowest BCUT2D eigenvalue weighted by molar-refractivity contribution is -0.123. The molecule has 4 aromatic rings. The number of rotatable bonds is 12. The maximum atomic E-state index is 15.5. The molecule has 268 valence electrons. The van der Waals surface area contributed by atoms with Crippen LogP contribution in [0, 0.1) is 17.7 Å². The Labute approximate surface area is 300 Å². The summed E-state index contributed by atoms with van der Waals surface area (Å²) in [5.41, 5.74) is 4.76. The van der Waals surface area contributed by atoms with Crippen LogP contribution in [0.15, 0.2) is 72.8 Å². The van der Waals surface area contributed by atoms with Gasteiger partial charge in [0.15, 0.2) is 6.23 Å². The fraction of sp³-hybridized carbons (Fsp3) is 0.359. The molecule has 0 radical (unpaired) electrons. The van der Waals surface area contributed by atoms with Crippen LogP contribution in [0.25, 0.3) is 22.0 Å². The smallest absolute Gasteiger partial charge is 0.407 e. The van der Waals surface area contributed by atoms with Crippen LogP contribution in [0.1, 0.15) is 61.4 Å². The largest absolute Gasteiger partial charge is 0.492 e. The van der Waals surface area contributed by atoms with E-state index in [2.05, 4.69) is 5.10 Å². The zero-order chi connectivity index (χ0) is 36.1. The summed E-state index contributed by atoms with van der Waals surface area (Å²) in [5.74, 6) is -0.560. The number of carbonyl (C=O) groups is 2. The van der Waals surface area contributed by atoms with Crippen molar-refractivity contribution in [2.24, 2.45) is 5.92 Å². The van der Waals surface area contributed by atoms with E-state index < -0.39 is 17.9 Å². The highest BCUT2D eigenvalue weighted by atomic mass is 35.5. The van der Waals surface area contributed by atoms with E-state index in [0.717, 1.165) is 71.3 Å². The predicted molar refractivity (Wildman–Crippen MR) is 193 cm³/mol. The van der Waals surface area contributed by atoms with E-state index in [1.54, 1.807) is 37.0 Å². The number of ether oxygens (including phenoxy) is 2. The number of hydrogen-bond donors (Lipinski definition) is 1. The Morgan fingerprint density at radius 3 is 2.43 bits per heavy atom. The van der Waals surface area contributed by atoms with Crippen molar-refractivity contribution in [2.45, 2.75) is 44.8 Å². The van der Waals surface area contributed by atoms with Gasteiger partial charge in [-0.05, 0) is 102 Å². The van der Waals surface area contributed by atoms with E-state index in [0.29, 0.717) is 28.3 Å². The van der Waals surface area contributed by atoms with Gasteiger partial charge in [-0.2, -0.15) is 4.39 Å². The summed E-state index contributed by atoms with van der Waals surface area (Å²) >= 11 is 6.72. The fourth-order valence-electron chi connectivity index (χ4n) is 6.52. The maximum Gasteiger partial charge on any atom is 0.407 e. The number of carboxylic acid groups (broad SMARTS) is 1. The van der Waals surface area contributed by atoms with Crippen LogP contribution in [-0.2, 0) is 9.53 Å². The van der Waals surface area contributed by atoms with Gasteiger partial charge < -0.3 is 24.4 Å². The molecule has 51 heavy (non-hydrogen) atoms. The molecule has 0 spiro atoms. The molecule has 2 amide bonds. The molecular weight excluding hydrogens is 678 g/mol. The van der Waals surface area contributed by atoms with Crippen molar-refractivity contribution >= 4 is 45.7 Å². The Bertz CT molecular complexity index is 1950. The lowest BCUT2D eigenvalue weighted by atomic mass is 9.73. The monoisotopic (exact) mass is 718 g/mol. The first-order valence-electron chi connectivity index (χ1n) is 17.2. The number of carbonyl (C=O) groups excluding carboxylic acids is 1. The first kappa shape index (κ1) is 36.1. The minimum atomic E-state index is -1.13. The third-order valence-electron chi connectivity index (χ3n) is 9.45. The first-order chi connectivity index (χ1) is 24.6. The van der Waals surface area contributed by atoms with Crippen LogP contribution in [0.2, 0.25) is 5.02 Å². The number of fused-ring (bicyclic) bond motifs is 1. The third-order valence-corrected chi connectivity index (χ3v) is 9.77. The zero-order valence-corrected chi connectivity index (χ0v) is 29.4. The molecule has 1 N–H and O–H groups in total. The standard InChI is InChI=1S/C39H41ClF2N4O5/c1-44(2)34(47)9-6-19-45(39(48)49)20-22-50-29-15-11-26(12-16-29)36(37(25-7-5-8-25)30-17-14-28(41)24-32(30)40)27-13-18-33-31(23-27)38(42)43-46(33)35-10-3-4-21-51-35/h6,9,11-18,23-25,35H,3-5,7-8,10,19-22H2,1-2H3,(H,48,49)/b9-6+,37-36+. The van der Waals surface area contributed by atoms with Crippen molar-refractivity contribution in [3.05, 3.63) is 106 Å². The zero-order valence-electron chi connectivity index (χ0n) is 28.7. The molecule has 1 unspecified atom stereocenters. The number of likely N-dealkylation sites (N-methyl/N-ethyl adjacent to an activating group) is 1. The number of amides is 2. The Balaban J connectivity index is 1.33. The molecule has 1 atom stereocenters. The van der Waals surface area contributed by atoms with Crippen molar-refractivity contribution in [3.63, 3.8) is 0 Å². The Hall–Kier alpha value is -4.74. The SMILES string of the molecule is CN(C)C(=O)/C=C/CN(CCOc1ccc(/C(=C(\c2ccc(F)cc2Cl)C2CCC2)c2ccc3c(c2)c(F)nn3C2CCCCO2)cc1)C(=O)O. The second-order valence-electron chi connectivity index (χ2n) is 13.1. The highest BCUT2D eigenvalue weighted by molar-refractivity contribution is 6.32. The minimum Gasteiger partial charge on any atom is -0.492 e. The van der Waals surface area contributed by atoms with Gasteiger partial charge in [-0.3, -0.25) is 4.79 Å². The van der Waals surface area contributed by atoms with Gasteiger partial charge in [-0.15, -0.1) is 5.10 Å². The van der Waals surface area contributed by atoms with E-state index >= 15 is 4.39 Å². The summed E-state index contributed by atoms with van der Waals surface area (Å²) in [5, 5.41) is 14.5. The van der Waals surface area contributed by atoms with E-state index in [4.69, 9.17) is 21.1 Å². The predicted octanol–water partition coefficient (Wildman–Crippen LogP) is 8.43. The molecule has 1 aromatic heterocycles. The highest BCUT2D eigenvalue weighted by Crippen LogP contribution is 2.47. The van der Waals surface area contributed by atoms with Crippen LogP contribution in [-0.4, -0.2) is 77.1 Å². The van der Waals surface area contributed by atoms with Gasteiger partial charge in [0.25, 0.3) is 0 Å². The average Bonchev–Trinajstić information content (AvgIpc) is 3.43. The summed E-state index contributed by atoms with van der Waals surface area (Å²) in [6.45, 7) is 0.824. The number of halogens is 3. The van der Waals surface area contributed by atoms with E-state index in [9.17, 15) is 19.1 Å². The second kappa shape index (κ2) is 16.1. The summed E-state index contributed by atoms with van der Waals surface area (Å²) in [4.78, 5) is 26.1.